The number of nitrogens with one attached hydrogen (secondary N) is 2. The van der Waals surface area contributed by atoms with Crippen LogP contribution in [0.1, 0.15) is 30.1 Å². The summed E-state index contributed by atoms with van der Waals surface area (Å²) in [6, 6.07) is 12.6. The number of hydrogen-bond donors (Lipinski definition) is 2. The summed E-state index contributed by atoms with van der Waals surface area (Å²) in [6.07, 6.45) is 1.96. The molecule has 0 aromatic heterocycles. The Balaban J connectivity index is 1.94. The summed E-state index contributed by atoms with van der Waals surface area (Å²) in [6.45, 7) is -0.814. The van der Waals surface area contributed by atoms with Gasteiger partial charge in [-0.15, -0.1) is 0 Å². The van der Waals surface area contributed by atoms with E-state index < -0.39 is 25.1 Å². The number of unbranched alkanes of at least 4 members (excludes halogenated alkanes) is 1. The van der Waals surface area contributed by atoms with Crippen molar-refractivity contribution in [2.24, 2.45) is 0 Å². The van der Waals surface area contributed by atoms with Crippen molar-refractivity contribution >= 4 is 23.3 Å². The SMILES string of the molecule is CCCCNc1ccccc1C(=O)OCC(=O)Nc1ccccc1OC(F)F. The molecule has 150 valence electrons. The number of carbonyl (C=O) groups is 2. The van der Waals surface area contributed by atoms with Gasteiger partial charge in [0.25, 0.3) is 5.91 Å². The van der Waals surface area contributed by atoms with Gasteiger partial charge < -0.3 is 20.1 Å². The summed E-state index contributed by atoms with van der Waals surface area (Å²) in [7, 11) is 0. The van der Waals surface area contributed by atoms with E-state index in [9.17, 15) is 18.4 Å². The predicted octanol–water partition coefficient (Wildman–Crippen LogP) is 4.30. The predicted molar refractivity (Wildman–Crippen MR) is 102 cm³/mol. The van der Waals surface area contributed by atoms with E-state index in [4.69, 9.17) is 4.74 Å². The first-order valence-electron chi connectivity index (χ1n) is 8.85. The molecule has 2 N–H and O–H groups in total. The topological polar surface area (TPSA) is 76.7 Å². The molecule has 0 heterocycles. The zero-order chi connectivity index (χ0) is 20.4. The largest absolute Gasteiger partial charge is 0.452 e. The zero-order valence-electron chi connectivity index (χ0n) is 15.4. The first-order valence-corrected chi connectivity index (χ1v) is 8.85. The first kappa shape index (κ1) is 21.1. The second-order valence-electron chi connectivity index (χ2n) is 5.82. The minimum Gasteiger partial charge on any atom is -0.452 e. The van der Waals surface area contributed by atoms with Gasteiger partial charge in [0, 0.05) is 12.2 Å². The molecule has 0 fully saturated rings. The number of amides is 1. The van der Waals surface area contributed by atoms with E-state index in [0.29, 0.717) is 17.8 Å². The molecular weight excluding hydrogens is 370 g/mol. The molecule has 0 radical (unpaired) electrons. The minimum atomic E-state index is -3.02. The van der Waals surface area contributed by atoms with Gasteiger partial charge in [-0.25, -0.2) is 4.79 Å². The van der Waals surface area contributed by atoms with Crippen LogP contribution in [0.25, 0.3) is 0 Å². The van der Waals surface area contributed by atoms with E-state index in [-0.39, 0.29) is 11.4 Å². The smallest absolute Gasteiger partial charge is 0.387 e. The number of esters is 1. The second kappa shape index (κ2) is 10.9. The van der Waals surface area contributed by atoms with Gasteiger partial charge in [0.05, 0.1) is 11.3 Å². The molecule has 0 unspecified atom stereocenters. The summed E-state index contributed by atoms with van der Waals surface area (Å²) < 4.78 is 34.2. The van der Waals surface area contributed by atoms with E-state index >= 15 is 0 Å². The van der Waals surface area contributed by atoms with Crippen LogP contribution < -0.4 is 15.4 Å². The average molecular weight is 392 g/mol. The number of anilines is 2. The molecule has 0 spiro atoms. The van der Waals surface area contributed by atoms with Crippen LogP contribution in [0.5, 0.6) is 5.75 Å². The van der Waals surface area contributed by atoms with Gasteiger partial charge in [-0.3, -0.25) is 4.79 Å². The van der Waals surface area contributed by atoms with Crippen molar-refractivity contribution in [3.63, 3.8) is 0 Å². The van der Waals surface area contributed by atoms with Gasteiger partial charge in [0.1, 0.15) is 5.75 Å². The fourth-order valence-electron chi connectivity index (χ4n) is 2.38. The highest BCUT2D eigenvalue weighted by atomic mass is 19.3. The van der Waals surface area contributed by atoms with Gasteiger partial charge >= 0.3 is 12.6 Å². The molecule has 0 aliphatic rings. The lowest BCUT2D eigenvalue weighted by Gasteiger charge is -2.13. The fourth-order valence-corrected chi connectivity index (χ4v) is 2.38. The summed E-state index contributed by atoms with van der Waals surface area (Å²) in [5.41, 5.74) is 0.996. The molecule has 0 bridgehead atoms. The Morgan fingerprint density at radius 3 is 2.43 bits per heavy atom. The zero-order valence-corrected chi connectivity index (χ0v) is 15.4. The van der Waals surface area contributed by atoms with Crippen molar-refractivity contribution < 1.29 is 27.8 Å². The maximum Gasteiger partial charge on any atom is 0.387 e. The quantitative estimate of drug-likeness (QED) is 0.466. The van der Waals surface area contributed by atoms with Crippen LogP contribution in [-0.4, -0.2) is 31.6 Å². The summed E-state index contributed by atoms with van der Waals surface area (Å²) in [4.78, 5) is 24.3. The van der Waals surface area contributed by atoms with E-state index in [1.54, 1.807) is 30.3 Å². The molecule has 2 aromatic rings. The van der Waals surface area contributed by atoms with Gasteiger partial charge in [0.15, 0.2) is 6.61 Å². The van der Waals surface area contributed by atoms with Gasteiger partial charge in [-0.05, 0) is 30.7 Å². The van der Waals surface area contributed by atoms with Crippen molar-refractivity contribution in [1.29, 1.82) is 0 Å². The normalized spacial score (nSPS) is 10.4. The Bertz CT molecular complexity index is 799. The maximum absolute atomic E-state index is 12.4. The van der Waals surface area contributed by atoms with Crippen LogP contribution in [0, 0.1) is 0 Å². The highest BCUT2D eigenvalue weighted by Crippen LogP contribution is 2.25. The average Bonchev–Trinajstić information content (AvgIpc) is 2.68. The van der Waals surface area contributed by atoms with E-state index in [1.807, 2.05) is 0 Å². The number of rotatable bonds is 10. The molecule has 2 rings (SSSR count). The Morgan fingerprint density at radius 2 is 1.71 bits per heavy atom. The highest BCUT2D eigenvalue weighted by Gasteiger charge is 2.16. The Labute approximate surface area is 161 Å². The number of carbonyl (C=O) groups excluding carboxylic acids is 2. The number of ether oxygens (including phenoxy) is 2. The number of hydrogen-bond acceptors (Lipinski definition) is 5. The van der Waals surface area contributed by atoms with Crippen LogP contribution in [0.4, 0.5) is 20.2 Å². The lowest BCUT2D eigenvalue weighted by atomic mass is 10.1. The van der Waals surface area contributed by atoms with Crippen LogP contribution in [-0.2, 0) is 9.53 Å². The molecule has 0 aliphatic heterocycles. The second-order valence-corrected chi connectivity index (χ2v) is 5.82. The molecule has 0 saturated heterocycles. The summed E-state index contributed by atoms with van der Waals surface area (Å²) in [5.74, 6) is -1.51. The van der Waals surface area contributed by atoms with Crippen LogP contribution in [0.2, 0.25) is 0 Å². The molecule has 2 aromatic carbocycles. The molecule has 28 heavy (non-hydrogen) atoms. The van der Waals surface area contributed by atoms with Crippen LogP contribution in [0.3, 0.4) is 0 Å². The van der Waals surface area contributed by atoms with Gasteiger partial charge in [0.2, 0.25) is 0 Å². The molecule has 0 aliphatic carbocycles. The molecule has 8 heteroatoms. The molecular formula is C20H22F2N2O4. The minimum absolute atomic E-state index is 0.0606. The highest BCUT2D eigenvalue weighted by molar-refractivity contribution is 5.98. The lowest BCUT2D eigenvalue weighted by molar-refractivity contribution is -0.119. The van der Waals surface area contributed by atoms with Crippen molar-refractivity contribution in [2.75, 3.05) is 23.8 Å². The van der Waals surface area contributed by atoms with Gasteiger partial charge in [-0.2, -0.15) is 8.78 Å². The Kier molecular flexibility index (Phi) is 8.20. The maximum atomic E-state index is 12.4. The van der Waals surface area contributed by atoms with Crippen LogP contribution >= 0.6 is 0 Å². The first-order chi connectivity index (χ1) is 13.5. The third kappa shape index (κ3) is 6.53. The molecule has 0 saturated carbocycles. The van der Waals surface area contributed by atoms with Crippen molar-refractivity contribution in [3.05, 3.63) is 54.1 Å². The monoisotopic (exact) mass is 392 g/mol. The van der Waals surface area contributed by atoms with Crippen molar-refractivity contribution in [3.8, 4) is 5.75 Å². The molecule has 0 atom stereocenters. The standard InChI is InChI=1S/C20H22F2N2O4/c1-2-3-12-23-15-9-5-4-8-14(15)19(26)27-13-18(25)24-16-10-6-7-11-17(16)28-20(21)22/h4-11,20,23H,2-3,12-13H2,1H3,(H,24,25). The Morgan fingerprint density at radius 1 is 1.04 bits per heavy atom. The summed E-state index contributed by atoms with van der Waals surface area (Å²) in [5, 5.41) is 5.55. The third-order valence-electron chi connectivity index (χ3n) is 3.70. The lowest BCUT2D eigenvalue weighted by Crippen LogP contribution is -2.22. The Hall–Kier alpha value is -3.16. The van der Waals surface area contributed by atoms with Crippen LogP contribution in [0.15, 0.2) is 48.5 Å². The van der Waals surface area contributed by atoms with Crippen molar-refractivity contribution in [1.82, 2.24) is 0 Å². The molecule has 1 amide bonds. The number of benzene rings is 2. The van der Waals surface area contributed by atoms with E-state index in [0.717, 1.165) is 12.8 Å². The van der Waals surface area contributed by atoms with Crippen molar-refractivity contribution in [2.45, 2.75) is 26.4 Å². The molecule has 6 nitrogen and oxygen atoms in total. The number of para-hydroxylation sites is 3. The summed E-state index contributed by atoms with van der Waals surface area (Å²) >= 11 is 0. The third-order valence-corrected chi connectivity index (χ3v) is 3.70. The number of alkyl halides is 2. The van der Waals surface area contributed by atoms with E-state index in [2.05, 4.69) is 22.3 Å². The fraction of sp³-hybridized carbons (Fsp3) is 0.300. The van der Waals surface area contributed by atoms with Gasteiger partial charge in [-0.1, -0.05) is 37.6 Å². The van der Waals surface area contributed by atoms with E-state index in [1.165, 1.54) is 18.2 Å². The number of halogens is 2.